The second-order valence-electron chi connectivity index (χ2n) is 11.2. The molecule has 2 heterocycles. The first-order valence-corrected chi connectivity index (χ1v) is 14.2. The summed E-state index contributed by atoms with van der Waals surface area (Å²) in [6, 6.07) is 0. The molecule has 1 fully saturated rings. The zero-order valence-corrected chi connectivity index (χ0v) is 24.0. The number of piperazine rings is 1. The third kappa shape index (κ3) is 13.3. The highest BCUT2D eigenvalue weighted by Crippen LogP contribution is 2.12. The van der Waals surface area contributed by atoms with Crippen LogP contribution in [0, 0.1) is 5.41 Å². The molecular formula is C28H47N5O6. The molecule has 1 saturated heterocycles. The molecule has 0 aliphatic carbocycles. The van der Waals surface area contributed by atoms with Crippen LogP contribution < -0.4 is 10.6 Å². The number of Topliss-reactive ketones (excluding diaryl/α,β-unsaturated/α-hetero) is 1. The summed E-state index contributed by atoms with van der Waals surface area (Å²) in [5.41, 5.74) is -0.343. The maximum Gasteiger partial charge on any atom is 0.253 e. The van der Waals surface area contributed by atoms with Gasteiger partial charge in [0, 0.05) is 89.2 Å². The number of nitrogens with zero attached hydrogens (tertiary/aromatic N) is 3. The van der Waals surface area contributed by atoms with E-state index in [4.69, 9.17) is 4.74 Å². The Kier molecular flexibility index (Phi) is 14.3. The molecule has 11 nitrogen and oxygen atoms in total. The fourth-order valence-electron chi connectivity index (χ4n) is 4.28. The van der Waals surface area contributed by atoms with Crippen LogP contribution in [0.25, 0.3) is 0 Å². The van der Waals surface area contributed by atoms with Gasteiger partial charge in [-0.3, -0.25) is 28.9 Å². The van der Waals surface area contributed by atoms with E-state index in [1.54, 1.807) is 0 Å². The lowest BCUT2D eigenvalue weighted by Crippen LogP contribution is -2.47. The van der Waals surface area contributed by atoms with Gasteiger partial charge in [-0.1, -0.05) is 20.8 Å². The van der Waals surface area contributed by atoms with Crippen LogP contribution in [0.5, 0.6) is 0 Å². The van der Waals surface area contributed by atoms with Crippen LogP contribution in [-0.4, -0.2) is 116 Å². The summed E-state index contributed by atoms with van der Waals surface area (Å²) in [5.74, 6) is -0.714. The van der Waals surface area contributed by atoms with E-state index >= 15 is 0 Å². The predicted octanol–water partition coefficient (Wildman–Crippen LogP) is 0.734. The number of carbonyl (C=O) groups excluding carboxylic acids is 5. The van der Waals surface area contributed by atoms with Crippen LogP contribution in [0.15, 0.2) is 12.2 Å². The van der Waals surface area contributed by atoms with Crippen molar-refractivity contribution >= 4 is 29.4 Å². The van der Waals surface area contributed by atoms with Gasteiger partial charge in [0.2, 0.25) is 11.8 Å². The maximum atomic E-state index is 12.0. The van der Waals surface area contributed by atoms with E-state index in [9.17, 15) is 24.0 Å². The largest absolute Gasteiger partial charge is 0.381 e. The lowest BCUT2D eigenvalue weighted by atomic mass is 9.96. The highest BCUT2D eigenvalue weighted by molar-refractivity contribution is 6.13. The third-order valence-corrected chi connectivity index (χ3v) is 6.79. The van der Waals surface area contributed by atoms with E-state index in [2.05, 4.69) is 20.4 Å². The van der Waals surface area contributed by atoms with Crippen molar-refractivity contribution in [2.24, 2.45) is 5.41 Å². The first-order valence-electron chi connectivity index (χ1n) is 14.2. The molecule has 11 heteroatoms. The third-order valence-electron chi connectivity index (χ3n) is 6.79. The van der Waals surface area contributed by atoms with E-state index < -0.39 is 0 Å². The van der Waals surface area contributed by atoms with Crippen LogP contribution in [0.1, 0.15) is 59.3 Å². The normalized spacial score (nSPS) is 16.6. The molecule has 0 saturated carbocycles. The molecule has 0 aromatic rings. The standard InChI is InChI=1S/C28H47N5O6/c1-28(2,3)27(38)30-13-6-15-32-19-17-31(18-20-32)14-5-12-29-24(35)11-22-39-21-4-7-23(34)10-16-33-25(36)8-9-26(33)37/h8-9H,4-7,10-22H2,1-3H3,(H,29,35)(H,30,38). The monoisotopic (exact) mass is 549 g/mol. The average molecular weight is 550 g/mol. The number of rotatable bonds is 18. The van der Waals surface area contributed by atoms with Crippen molar-refractivity contribution in [3.8, 4) is 0 Å². The van der Waals surface area contributed by atoms with E-state index in [-0.39, 0.29) is 54.2 Å². The zero-order valence-electron chi connectivity index (χ0n) is 24.0. The molecule has 2 N–H and O–H groups in total. The zero-order chi connectivity index (χ0) is 28.7. The molecule has 0 unspecified atom stereocenters. The van der Waals surface area contributed by atoms with Crippen LogP contribution in [0.4, 0.5) is 0 Å². The van der Waals surface area contributed by atoms with Crippen LogP contribution in [0.3, 0.4) is 0 Å². The molecule has 220 valence electrons. The van der Waals surface area contributed by atoms with Gasteiger partial charge in [0.1, 0.15) is 5.78 Å². The number of ketones is 1. The van der Waals surface area contributed by atoms with E-state index in [1.165, 1.54) is 12.2 Å². The first-order chi connectivity index (χ1) is 18.6. The minimum atomic E-state index is -0.375. The molecule has 0 aromatic heterocycles. The maximum absolute atomic E-state index is 12.0. The van der Waals surface area contributed by atoms with Gasteiger partial charge in [-0.05, 0) is 32.4 Å². The number of hydrogen-bond acceptors (Lipinski definition) is 8. The summed E-state index contributed by atoms with van der Waals surface area (Å²) in [6.07, 6.45) is 5.58. The minimum absolute atomic E-state index is 0.0214. The number of ether oxygens (including phenoxy) is 1. The van der Waals surface area contributed by atoms with Crippen LogP contribution in [-0.2, 0) is 28.7 Å². The highest BCUT2D eigenvalue weighted by atomic mass is 16.5. The molecular weight excluding hydrogens is 502 g/mol. The van der Waals surface area contributed by atoms with Crippen molar-refractivity contribution in [2.75, 3.05) is 72.1 Å². The Hall–Kier alpha value is -2.63. The minimum Gasteiger partial charge on any atom is -0.381 e. The van der Waals surface area contributed by atoms with Gasteiger partial charge in [-0.15, -0.1) is 0 Å². The Morgan fingerprint density at radius 2 is 1.33 bits per heavy atom. The molecule has 0 spiro atoms. The van der Waals surface area contributed by atoms with Crippen LogP contribution in [0.2, 0.25) is 0 Å². The number of nitrogens with one attached hydrogen (secondary N) is 2. The summed E-state index contributed by atoms with van der Waals surface area (Å²) < 4.78 is 5.46. The van der Waals surface area contributed by atoms with Crippen molar-refractivity contribution in [3.05, 3.63) is 12.2 Å². The summed E-state index contributed by atoms with van der Waals surface area (Å²) in [5, 5.41) is 5.94. The first kappa shape index (κ1) is 32.6. The quantitative estimate of drug-likeness (QED) is 0.189. The van der Waals surface area contributed by atoms with E-state index in [0.29, 0.717) is 39.1 Å². The molecule has 2 aliphatic heterocycles. The Morgan fingerprint density at radius 3 is 1.90 bits per heavy atom. The second kappa shape index (κ2) is 17.1. The Morgan fingerprint density at radius 1 is 0.769 bits per heavy atom. The van der Waals surface area contributed by atoms with E-state index in [0.717, 1.165) is 57.0 Å². The molecule has 0 aromatic carbocycles. The second-order valence-corrected chi connectivity index (χ2v) is 11.2. The molecule has 0 radical (unpaired) electrons. The summed E-state index contributed by atoms with van der Waals surface area (Å²) in [7, 11) is 0. The topological polar surface area (TPSA) is 128 Å². The molecule has 2 aliphatic rings. The summed E-state index contributed by atoms with van der Waals surface area (Å²) in [4.78, 5) is 64.7. The van der Waals surface area contributed by atoms with Gasteiger partial charge in [0.15, 0.2) is 0 Å². The van der Waals surface area contributed by atoms with Gasteiger partial charge in [0.25, 0.3) is 11.8 Å². The van der Waals surface area contributed by atoms with E-state index in [1.807, 2.05) is 20.8 Å². The fourth-order valence-corrected chi connectivity index (χ4v) is 4.28. The van der Waals surface area contributed by atoms with Crippen LogP contribution >= 0.6 is 0 Å². The molecule has 2 rings (SSSR count). The molecule has 0 bridgehead atoms. The molecule has 4 amide bonds. The smallest absolute Gasteiger partial charge is 0.253 e. The molecule has 39 heavy (non-hydrogen) atoms. The SMILES string of the molecule is CC(C)(C)C(=O)NCCCN1CCN(CCCNC(=O)CCOCCCC(=O)CCN2C(=O)C=CC2=O)CC1. The lowest BCUT2D eigenvalue weighted by Gasteiger charge is -2.34. The van der Waals surface area contributed by atoms with Gasteiger partial charge in [-0.25, -0.2) is 0 Å². The van der Waals surface area contributed by atoms with Gasteiger partial charge in [-0.2, -0.15) is 0 Å². The Labute approximate surface area is 232 Å². The van der Waals surface area contributed by atoms with Crippen molar-refractivity contribution in [2.45, 2.75) is 59.3 Å². The number of imide groups is 1. The highest BCUT2D eigenvalue weighted by Gasteiger charge is 2.23. The van der Waals surface area contributed by atoms with Gasteiger partial charge >= 0.3 is 0 Å². The van der Waals surface area contributed by atoms with Gasteiger partial charge < -0.3 is 25.2 Å². The average Bonchev–Trinajstić information content (AvgIpc) is 3.22. The van der Waals surface area contributed by atoms with Crippen molar-refractivity contribution in [1.82, 2.24) is 25.3 Å². The number of hydrogen-bond donors (Lipinski definition) is 2. The fraction of sp³-hybridized carbons (Fsp3) is 0.750. The summed E-state index contributed by atoms with van der Waals surface area (Å²) >= 11 is 0. The predicted molar refractivity (Wildman–Crippen MR) is 148 cm³/mol. The summed E-state index contributed by atoms with van der Waals surface area (Å²) in [6.45, 7) is 14.0. The van der Waals surface area contributed by atoms with Gasteiger partial charge in [0.05, 0.1) is 6.61 Å². The van der Waals surface area contributed by atoms with Crippen molar-refractivity contribution < 1.29 is 28.7 Å². The van der Waals surface area contributed by atoms with Crippen molar-refractivity contribution in [3.63, 3.8) is 0 Å². The lowest BCUT2D eigenvalue weighted by molar-refractivity contribution is -0.137. The Balaban J connectivity index is 1.38. The number of carbonyl (C=O) groups is 5. The molecule has 0 atom stereocenters. The van der Waals surface area contributed by atoms with Crippen molar-refractivity contribution in [1.29, 1.82) is 0 Å². The number of amides is 4. The Bertz CT molecular complexity index is 843.